The lowest BCUT2D eigenvalue weighted by atomic mass is 9.97. The third-order valence-corrected chi connectivity index (χ3v) is 2.40. The van der Waals surface area contributed by atoms with Crippen molar-refractivity contribution in [1.29, 1.82) is 0 Å². The maximum Gasteiger partial charge on any atom is -0.0219 e. The van der Waals surface area contributed by atoms with E-state index in [9.17, 15) is 0 Å². The first-order chi connectivity index (χ1) is 7.10. The van der Waals surface area contributed by atoms with Crippen LogP contribution in [0.4, 0.5) is 0 Å². The molecular formula is C15H22. The van der Waals surface area contributed by atoms with Gasteiger partial charge in [-0.05, 0) is 36.5 Å². The van der Waals surface area contributed by atoms with E-state index in [1.807, 2.05) is 26.0 Å². The van der Waals surface area contributed by atoms with Gasteiger partial charge in [0.1, 0.15) is 0 Å². The van der Waals surface area contributed by atoms with E-state index in [1.165, 1.54) is 11.1 Å². The van der Waals surface area contributed by atoms with Crippen LogP contribution in [0.2, 0.25) is 0 Å². The first-order valence-corrected chi connectivity index (χ1v) is 5.40. The van der Waals surface area contributed by atoms with Crippen LogP contribution in [0, 0.1) is 5.92 Å². The second kappa shape index (κ2) is 7.05. The smallest absolute Gasteiger partial charge is 0.0219 e. The largest absolute Gasteiger partial charge is 0.0988 e. The summed E-state index contributed by atoms with van der Waals surface area (Å²) in [5, 5.41) is 0. The summed E-state index contributed by atoms with van der Waals surface area (Å²) in [6.07, 6.45) is 10.1. The van der Waals surface area contributed by atoms with E-state index in [1.54, 1.807) is 0 Å². The van der Waals surface area contributed by atoms with E-state index in [0.29, 0.717) is 5.92 Å². The Kier molecular flexibility index (Phi) is 6.44. The van der Waals surface area contributed by atoms with E-state index < -0.39 is 0 Å². The van der Waals surface area contributed by atoms with Crippen molar-refractivity contribution in [1.82, 2.24) is 0 Å². The molecule has 0 aromatic heterocycles. The van der Waals surface area contributed by atoms with Crippen LogP contribution >= 0.6 is 0 Å². The summed E-state index contributed by atoms with van der Waals surface area (Å²) in [5.74, 6) is 0.500. The lowest BCUT2D eigenvalue weighted by Gasteiger charge is -2.09. The van der Waals surface area contributed by atoms with Crippen LogP contribution in [0.3, 0.4) is 0 Å². The van der Waals surface area contributed by atoms with Crippen molar-refractivity contribution >= 4 is 0 Å². The molecule has 0 aromatic rings. The molecule has 0 fully saturated rings. The lowest BCUT2D eigenvalue weighted by Crippen LogP contribution is -1.92. The molecule has 0 aliphatic carbocycles. The van der Waals surface area contributed by atoms with Crippen LogP contribution in [0.5, 0.6) is 0 Å². The van der Waals surface area contributed by atoms with Crippen molar-refractivity contribution in [3.63, 3.8) is 0 Å². The predicted octanol–water partition coefficient (Wildman–Crippen LogP) is 4.83. The minimum atomic E-state index is 0.500. The molecule has 0 atom stereocenters. The average molecular weight is 202 g/mol. The molecule has 0 rings (SSSR count). The molecule has 0 bridgehead atoms. The Morgan fingerprint density at radius 2 is 1.47 bits per heavy atom. The Morgan fingerprint density at radius 3 is 1.73 bits per heavy atom. The highest BCUT2D eigenvalue weighted by Gasteiger charge is 2.01. The van der Waals surface area contributed by atoms with Crippen LogP contribution in [-0.4, -0.2) is 0 Å². The van der Waals surface area contributed by atoms with E-state index in [4.69, 9.17) is 0 Å². The van der Waals surface area contributed by atoms with Gasteiger partial charge in [-0.1, -0.05) is 57.4 Å². The molecule has 0 aliphatic heterocycles. The zero-order chi connectivity index (χ0) is 11.8. The van der Waals surface area contributed by atoms with Gasteiger partial charge in [-0.15, -0.1) is 0 Å². The molecule has 0 unspecified atom stereocenters. The van der Waals surface area contributed by atoms with Crippen molar-refractivity contribution in [2.24, 2.45) is 5.92 Å². The second-order valence-electron chi connectivity index (χ2n) is 3.70. The predicted molar refractivity (Wildman–Crippen MR) is 70.8 cm³/mol. The molecule has 0 heterocycles. The Morgan fingerprint density at radius 1 is 0.933 bits per heavy atom. The number of hydrogen-bond acceptors (Lipinski definition) is 0. The van der Waals surface area contributed by atoms with Gasteiger partial charge in [-0.3, -0.25) is 0 Å². The van der Waals surface area contributed by atoms with Gasteiger partial charge in [0.15, 0.2) is 0 Å². The van der Waals surface area contributed by atoms with Gasteiger partial charge >= 0.3 is 0 Å². The fraction of sp³-hybridized carbons (Fsp3) is 0.333. The van der Waals surface area contributed by atoms with Crippen LogP contribution in [-0.2, 0) is 0 Å². The minimum absolute atomic E-state index is 0.500. The average Bonchev–Trinajstić information content (AvgIpc) is 2.23. The molecule has 0 nitrogen and oxygen atoms in total. The number of allylic oxidation sites excluding steroid dienone is 8. The molecule has 0 spiro atoms. The van der Waals surface area contributed by atoms with Gasteiger partial charge in [0.25, 0.3) is 0 Å². The van der Waals surface area contributed by atoms with Crippen LogP contribution in [0.25, 0.3) is 0 Å². The van der Waals surface area contributed by atoms with Crippen molar-refractivity contribution in [2.45, 2.75) is 27.7 Å². The van der Waals surface area contributed by atoms with Gasteiger partial charge in [0, 0.05) is 0 Å². The summed E-state index contributed by atoms with van der Waals surface area (Å²) in [5.41, 5.74) is 3.62. The van der Waals surface area contributed by atoms with Crippen LogP contribution in [0.1, 0.15) is 27.7 Å². The Bertz CT molecular complexity index is 309. The highest BCUT2D eigenvalue weighted by molar-refractivity contribution is 5.47. The Labute approximate surface area is 94.4 Å². The van der Waals surface area contributed by atoms with Gasteiger partial charge in [-0.2, -0.15) is 0 Å². The molecule has 0 saturated carbocycles. The fourth-order valence-electron chi connectivity index (χ4n) is 1.38. The summed E-state index contributed by atoms with van der Waals surface area (Å²) in [6, 6.07) is 0. The standard InChI is InChI=1S/C15H22/c1-7-13(8-2)15(10-4)11-14(9-3)12(5)6/h7-12H,1,3H2,2,4-6H3. The molecular weight excluding hydrogens is 180 g/mol. The van der Waals surface area contributed by atoms with Gasteiger partial charge in [0.2, 0.25) is 0 Å². The summed E-state index contributed by atoms with van der Waals surface area (Å²) in [6.45, 7) is 16.1. The maximum atomic E-state index is 3.84. The third kappa shape index (κ3) is 4.16. The topological polar surface area (TPSA) is 0 Å². The van der Waals surface area contributed by atoms with Gasteiger partial charge < -0.3 is 0 Å². The van der Waals surface area contributed by atoms with E-state index in [2.05, 4.69) is 45.2 Å². The third-order valence-electron chi connectivity index (χ3n) is 2.40. The highest BCUT2D eigenvalue weighted by Crippen LogP contribution is 2.19. The van der Waals surface area contributed by atoms with Crippen molar-refractivity contribution < 1.29 is 0 Å². The molecule has 0 saturated heterocycles. The minimum Gasteiger partial charge on any atom is -0.0988 e. The Balaban J connectivity index is 5.19. The maximum absolute atomic E-state index is 3.84. The highest BCUT2D eigenvalue weighted by atomic mass is 14.1. The molecule has 0 aromatic carbocycles. The van der Waals surface area contributed by atoms with Gasteiger partial charge in [-0.25, -0.2) is 0 Å². The fourth-order valence-corrected chi connectivity index (χ4v) is 1.38. The lowest BCUT2D eigenvalue weighted by molar-refractivity contribution is 0.791. The van der Waals surface area contributed by atoms with E-state index >= 15 is 0 Å². The molecule has 0 aliphatic rings. The van der Waals surface area contributed by atoms with Gasteiger partial charge in [0.05, 0.1) is 0 Å². The molecule has 0 amide bonds. The molecule has 15 heavy (non-hydrogen) atoms. The summed E-state index contributed by atoms with van der Waals surface area (Å²) < 4.78 is 0. The van der Waals surface area contributed by atoms with Crippen LogP contribution in [0.15, 0.2) is 60.3 Å². The molecule has 0 heteroatoms. The number of hydrogen-bond donors (Lipinski definition) is 0. The normalized spacial score (nSPS) is 14.3. The quantitative estimate of drug-likeness (QED) is 0.560. The van der Waals surface area contributed by atoms with E-state index in [-0.39, 0.29) is 0 Å². The zero-order valence-electron chi connectivity index (χ0n) is 10.4. The molecule has 82 valence electrons. The second-order valence-corrected chi connectivity index (χ2v) is 3.70. The Hall–Kier alpha value is -1.30. The van der Waals surface area contributed by atoms with E-state index in [0.717, 1.165) is 5.57 Å². The van der Waals surface area contributed by atoms with Crippen molar-refractivity contribution in [3.05, 3.63) is 60.3 Å². The van der Waals surface area contributed by atoms with Crippen molar-refractivity contribution in [2.75, 3.05) is 0 Å². The zero-order valence-corrected chi connectivity index (χ0v) is 10.4. The van der Waals surface area contributed by atoms with Crippen LogP contribution < -0.4 is 0 Å². The first kappa shape index (κ1) is 13.7. The summed E-state index contributed by atoms with van der Waals surface area (Å²) >= 11 is 0. The molecule has 0 N–H and O–H groups in total. The number of rotatable bonds is 5. The monoisotopic (exact) mass is 202 g/mol. The molecule has 0 radical (unpaired) electrons. The van der Waals surface area contributed by atoms with Crippen molar-refractivity contribution in [3.8, 4) is 0 Å². The summed E-state index contributed by atoms with van der Waals surface area (Å²) in [4.78, 5) is 0. The first-order valence-electron chi connectivity index (χ1n) is 5.40. The summed E-state index contributed by atoms with van der Waals surface area (Å²) in [7, 11) is 0. The SMILES string of the molecule is C=CC(=CC)C(=CC)C=C(C=C)C(C)C.